The molecule has 1 saturated heterocycles. The Morgan fingerprint density at radius 2 is 1.52 bits per heavy atom. The summed E-state index contributed by atoms with van der Waals surface area (Å²) in [5, 5.41) is 18.6. The summed E-state index contributed by atoms with van der Waals surface area (Å²) in [6, 6.07) is 17.3. The van der Waals surface area contributed by atoms with Gasteiger partial charge in [-0.3, -0.25) is 0 Å². The molecule has 0 amide bonds. The summed E-state index contributed by atoms with van der Waals surface area (Å²) < 4.78 is 0. The standard InChI is InChI=1S/C19H18ClN5O2/c20-15-8-4-5-9-16(15)25-21-17(19(26)27)18(22-25)24-12-10-23(11-13-24)14-6-2-1-3-7-14/h1-9H,10-13H2,(H,26,27). The number of hydrogen-bond acceptors (Lipinski definition) is 5. The summed E-state index contributed by atoms with van der Waals surface area (Å²) in [7, 11) is 0. The molecule has 0 radical (unpaired) electrons. The van der Waals surface area contributed by atoms with Crippen LogP contribution in [0.3, 0.4) is 0 Å². The number of carbonyl (C=O) groups is 1. The van der Waals surface area contributed by atoms with Crippen molar-refractivity contribution in [3.63, 3.8) is 0 Å². The van der Waals surface area contributed by atoms with E-state index in [1.165, 1.54) is 4.80 Å². The molecule has 0 bridgehead atoms. The van der Waals surface area contributed by atoms with Gasteiger partial charge in [-0.2, -0.15) is 0 Å². The molecule has 1 fully saturated rings. The lowest BCUT2D eigenvalue weighted by atomic mass is 10.2. The molecular formula is C19H18ClN5O2. The Hall–Kier alpha value is -3.06. The van der Waals surface area contributed by atoms with Gasteiger partial charge in [-0.1, -0.05) is 41.9 Å². The predicted octanol–water partition coefficient (Wildman–Crippen LogP) is 2.95. The van der Waals surface area contributed by atoms with Crippen molar-refractivity contribution in [3.05, 3.63) is 65.3 Å². The van der Waals surface area contributed by atoms with Crippen molar-refractivity contribution in [2.24, 2.45) is 0 Å². The van der Waals surface area contributed by atoms with Gasteiger partial charge in [-0.25, -0.2) is 4.79 Å². The quantitative estimate of drug-likeness (QED) is 0.746. The number of carboxylic acids is 1. The molecule has 1 aliphatic rings. The molecule has 4 rings (SSSR count). The number of piperazine rings is 1. The van der Waals surface area contributed by atoms with Crippen LogP contribution in [-0.4, -0.2) is 52.2 Å². The van der Waals surface area contributed by atoms with E-state index in [2.05, 4.69) is 27.2 Å². The van der Waals surface area contributed by atoms with E-state index in [1.807, 2.05) is 29.2 Å². The number of para-hydroxylation sites is 2. The van der Waals surface area contributed by atoms with E-state index in [-0.39, 0.29) is 5.69 Å². The van der Waals surface area contributed by atoms with Gasteiger partial charge in [0.15, 0.2) is 5.82 Å². The molecule has 3 aromatic rings. The first-order chi connectivity index (χ1) is 13.1. The summed E-state index contributed by atoms with van der Waals surface area (Å²) in [6.07, 6.45) is 0. The summed E-state index contributed by atoms with van der Waals surface area (Å²) >= 11 is 6.20. The Bertz CT molecular complexity index is 952. The molecule has 0 saturated carbocycles. The second-order valence-corrected chi connectivity index (χ2v) is 6.64. The molecule has 1 aromatic heterocycles. The van der Waals surface area contributed by atoms with Gasteiger partial charge in [0.2, 0.25) is 5.69 Å². The van der Waals surface area contributed by atoms with Gasteiger partial charge in [0, 0.05) is 31.9 Å². The van der Waals surface area contributed by atoms with Crippen LogP contribution in [0.2, 0.25) is 5.02 Å². The van der Waals surface area contributed by atoms with Crippen LogP contribution in [0.1, 0.15) is 10.5 Å². The molecule has 2 aromatic carbocycles. The summed E-state index contributed by atoms with van der Waals surface area (Å²) in [5.74, 6) is -0.732. The van der Waals surface area contributed by atoms with Crippen molar-refractivity contribution in [2.75, 3.05) is 36.0 Å². The van der Waals surface area contributed by atoms with E-state index in [9.17, 15) is 9.90 Å². The zero-order chi connectivity index (χ0) is 18.8. The maximum absolute atomic E-state index is 11.7. The Labute approximate surface area is 161 Å². The monoisotopic (exact) mass is 383 g/mol. The van der Waals surface area contributed by atoms with Gasteiger partial charge in [0.05, 0.1) is 5.02 Å². The van der Waals surface area contributed by atoms with Crippen LogP contribution < -0.4 is 9.80 Å². The molecule has 8 heteroatoms. The maximum atomic E-state index is 11.7. The second kappa shape index (κ2) is 7.28. The first-order valence-corrected chi connectivity index (χ1v) is 9.02. The van der Waals surface area contributed by atoms with Crippen molar-refractivity contribution in [2.45, 2.75) is 0 Å². The second-order valence-electron chi connectivity index (χ2n) is 6.23. The van der Waals surface area contributed by atoms with Crippen LogP contribution in [0.5, 0.6) is 0 Å². The zero-order valence-corrected chi connectivity index (χ0v) is 15.3. The van der Waals surface area contributed by atoms with Crippen molar-refractivity contribution in [3.8, 4) is 5.69 Å². The Kier molecular flexibility index (Phi) is 4.68. The molecule has 0 spiro atoms. The summed E-state index contributed by atoms with van der Waals surface area (Å²) in [5.41, 5.74) is 1.65. The first kappa shape index (κ1) is 17.4. The van der Waals surface area contributed by atoms with Crippen LogP contribution >= 0.6 is 11.6 Å². The van der Waals surface area contributed by atoms with Crippen molar-refractivity contribution in [1.29, 1.82) is 0 Å². The fourth-order valence-corrected chi connectivity index (χ4v) is 3.40. The van der Waals surface area contributed by atoms with Crippen LogP contribution in [-0.2, 0) is 0 Å². The normalized spacial score (nSPS) is 14.4. The van der Waals surface area contributed by atoms with Crippen LogP contribution in [0.4, 0.5) is 11.5 Å². The van der Waals surface area contributed by atoms with Gasteiger partial charge in [-0.05, 0) is 24.3 Å². The van der Waals surface area contributed by atoms with E-state index in [0.717, 1.165) is 18.8 Å². The predicted molar refractivity (Wildman–Crippen MR) is 104 cm³/mol. The Balaban J connectivity index is 1.59. The van der Waals surface area contributed by atoms with Gasteiger partial charge in [0.1, 0.15) is 5.69 Å². The number of aromatic nitrogens is 3. The Morgan fingerprint density at radius 1 is 0.889 bits per heavy atom. The number of nitrogens with zero attached hydrogens (tertiary/aromatic N) is 5. The third-order valence-electron chi connectivity index (χ3n) is 4.57. The number of rotatable bonds is 4. The first-order valence-electron chi connectivity index (χ1n) is 8.64. The molecule has 138 valence electrons. The third-order valence-corrected chi connectivity index (χ3v) is 4.89. The minimum absolute atomic E-state index is 0.0666. The van der Waals surface area contributed by atoms with Gasteiger partial charge in [0.25, 0.3) is 0 Å². The average Bonchev–Trinajstić information content (AvgIpc) is 3.15. The van der Waals surface area contributed by atoms with Crippen LogP contribution in [0.15, 0.2) is 54.6 Å². The van der Waals surface area contributed by atoms with E-state index in [1.54, 1.807) is 18.2 Å². The SMILES string of the molecule is O=C(O)c1nn(-c2ccccc2Cl)nc1N1CCN(c2ccccc2)CC1. The highest BCUT2D eigenvalue weighted by molar-refractivity contribution is 6.32. The molecule has 7 nitrogen and oxygen atoms in total. The molecule has 0 aliphatic carbocycles. The fourth-order valence-electron chi connectivity index (χ4n) is 3.19. The highest BCUT2D eigenvalue weighted by atomic mass is 35.5. The number of benzene rings is 2. The number of halogens is 1. The molecule has 1 N–H and O–H groups in total. The third kappa shape index (κ3) is 3.46. The molecule has 27 heavy (non-hydrogen) atoms. The highest BCUT2D eigenvalue weighted by Gasteiger charge is 2.27. The van der Waals surface area contributed by atoms with Gasteiger partial charge >= 0.3 is 5.97 Å². The van der Waals surface area contributed by atoms with E-state index in [4.69, 9.17) is 11.6 Å². The smallest absolute Gasteiger partial charge is 0.360 e. The van der Waals surface area contributed by atoms with Crippen molar-refractivity contribution < 1.29 is 9.90 Å². The number of anilines is 2. The van der Waals surface area contributed by atoms with Crippen LogP contribution in [0, 0.1) is 0 Å². The molecule has 2 heterocycles. The number of carboxylic acid groups (broad SMARTS) is 1. The minimum Gasteiger partial charge on any atom is -0.476 e. The molecule has 1 aliphatic heterocycles. The number of hydrogen-bond donors (Lipinski definition) is 1. The molecule has 0 atom stereocenters. The summed E-state index contributed by atoms with van der Waals surface area (Å²) in [4.78, 5) is 17.2. The zero-order valence-electron chi connectivity index (χ0n) is 14.5. The Morgan fingerprint density at radius 3 is 2.19 bits per heavy atom. The topological polar surface area (TPSA) is 74.5 Å². The fraction of sp³-hybridized carbons (Fsp3) is 0.211. The number of aromatic carboxylic acids is 1. The summed E-state index contributed by atoms with van der Waals surface area (Å²) in [6.45, 7) is 2.89. The molecular weight excluding hydrogens is 366 g/mol. The highest BCUT2D eigenvalue weighted by Crippen LogP contribution is 2.24. The van der Waals surface area contributed by atoms with E-state index in [0.29, 0.717) is 29.6 Å². The minimum atomic E-state index is -1.10. The maximum Gasteiger partial charge on any atom is 0.360 e. The lowest BCUT2D eigenvalue weighted by Gasteiger charge is -2.36. The van der Waals surface area contributed by atoms with E-state index < -0.39 is 5.97 Å². The van der Waals surface area contributed by atoms with Crippen LogP contribution in [0.25, 0.3) is 5.69 Å². The van der Waals surface area contributed by atoms with E-state index >= 15 is 0 Å². The average molecular weight is 384 g/mol. The molecule has 0 unspecified atom stereocenters. The van der Waals surface area contributed by atoms with Gasteiger partial charge < -0.3 is 14.9 Å². The lowest BCUT2D eigenvalue weighted by molar-refractivity contribution is 0.0690. The van der Waals surface area contributed by atoms with Crippen molar-refractivity contribution in [1.82, 2.24) is 15.0 Å². The van der Waals surface area contributed by atoms with Crippen molar-refractivity contribution >= 4 is 29.1 Å². The lowest BCUT2D eigenvalue weighted by Crippen LogP contribution is -2.47. The largest absolute Gasteiger partial charge is 0.476 e. The van der Waals surface area contributed by atoms with Gasteiger partial charge in [-0.15, -0.1) is 15.0 Å².